The number of anilines is 1. The number of nitrogens with zero attached hydrogens (tertiary/aromatic N) is 1. The van der Waals surface area contributed by atoms with Crippen LogP contribution in [0, 0.1) is 39.6 Å². The summed E-state index contributed by atoms with van der Waals surface area (Å²) in [5, 5.41) is 14.3. The van der Waals surface area contributed by atoms with Crippen LogP contribution in [0.3, 0.4) is 0 Å². The molecular weight excluding hydrogens is 271 g/mol. The Bertz CT molecular complexity index is 592. The highest BCUT2D eigenvalue weighted by Crippen LogP contribution is 2.59. The second-order valence-corrected chi connectivity index (χ2v) is 6.83. The van der Waals surface area contributed by atoms with Gasteiger partial charge in [0.25, 0.3) is 0 Å². The van der Waals surface area contributed by atoms with Crippen LogP contribution in [0.2, 0.25) is 0 Å². The van der Waals surface area contributed by atoms with E-state index in [0.717, 1.165) is 24.2 Å². The summed E-state index contributed by atoms with van der Waals surface area (Å²) in [5.74, 6) is 2.53. The molecule has 3 saturated carbocycles. The number of hydrogen-bond acceptors (Lipinski definition) is 3. The third-order valence-corrected chi connectivity index (χ3v) is 5.92. The zero-order valence-electron chi connectivity index (χ0n) is 11.8. The van der Waals surface area contributed by atoms with Crippen molar-refractivity contribution in [2.75, 3.05) is 5.32 Å². The fraction of sp³-hybridized carbons (Fsp3) is 0.625. The van der Waals surface area contributed by atoms with E-state index < -0.39 is 16.4 Å². The van der Waals surface area contributed by atoms with Gasteiger partial charge in [-0.2, -0.15) is 4.39 Å². The summed E-state index contributed by atoms with van der Waals surface area (Å²) < 4.78 is 13.4. The van der Waals surface area contributed by atoms with Gasteiger partial charge in [0.05, 0.1) is 4.92 Å². The Morgan fingerprint density at radius 1 is 1.19 bits per heavy atom. The second kappa shape index (κ2) is 4.68. The highest BCUT2D eigenvalue weighted by molar-refractivity contribution is 5.52. The summed E-state index contributed by atoms with van der Waals surface area (Å²) in [6.07, 6.45) is 6.55. The van der Waals surface area contributed by atoms with Crippen LogP contribution in [0.5, 0.6) is 0 Å². The number of nitro benzene ring substituents is 1. The van der Waals surface area contributed by atoms with Crippen molar-refractivity contribution < 1.29 is 9.31 Å². The van der Waals surface area contributed by atoms with E-state index in [2.05, 4.69) is 5.32 Å². The Kier molecular flexibility index (Phi) is 2.91. The topological polar surface area (TPSA) is 55.2 Å². The van der Waals surface area contributed by atoms with Crippen LogP contribution in [0.1, 0.15) is 32.1 Å². The first-order valence-corrected chi connectivity index (χ1v) is 7.84. The van der Waals surface area contributed by atoms with E-state index in [-0.39, 0.29) is 0 Å². The third-order valence-electron chi connectivity index (χ3n) is 5.92. The van der Waals surface area contributed by atoms with Crippen LogP contribution in [0.25, 0.3) is 0 Å². The van der Waals surface area contributed by atoms with E-state index in [1.165, 1.54) is 37.8 Å². The lowest BCUT2D eigenvalue weighted by atomic mass is 9.79. The maximum Gasteiger partial charge on any atom is 0.306 e. The highest BCUT2D eigenvalue weighted by atomic mass is 19.1. The molecule has 5 unspecified atom stereocenters. The van der Waals surface area contributed by atoms with Crippen molar-refractivity contribution >= 4 is 11.4 Å². The molecule has 0 aromatic heterocycles. The van der Waals surface area contributed by atoms with Gasteiger partial charge < -0.3 is 5.32 Å². The van der Waals surface area contributed by atoms with Gasteiger partial charge in [-0.05, 0) is 61.5 Å². The van der Waals surface area contributed by atoms with Crippen LogP contribution in [0.15, 0.2) is 18.2 Å². The highest BCUT2D eigenvalue weighted by Gasteiger charge is 2.53. The van der Waals surface area contributed by atoms with Crippen LogP contribution in [-0.2, 0) is 0 Å². The molecule has 3 fully saturated rings. The molecule has 1 aromatic rings. The van der Waals surface area contributed by atoms with Crippen LogP contribution >= 0.6 is 0 Å². The molecule has 5 heteroatoms. The molecule has 21 heavy (non-hydrogen) atoms. The second-order valence-electron chi connectivity index (χ2n) is 6.83. The fourth-order valence-corrected chi connectivity index (χ4v) is 5.19. The minimum Gasteiger partial charge on any atom is -0.382 e. The van der Waals surface area contributed by atoms with E-state index in [4.69, 9.17) is 0 Å². The summed E-state index contributed by atoms with van der Waals surface area (Å²) in [4.78, 5) is 10.2. The Hall–Kier alpha value is -1.65. The van der Waals surface area contributed by atoms with Crippen molar-refractivity contribution in [3.63, 3.8) is 0 Å². The largest absolute Gasteiger partial charge is 0.382 e. The van der Waals surface area contributed by atoms with Gasteiger partial charge in [-0.25, -0.2) is 0 Å². The molecule has 1 N–H and O–H groups in total. The Balaban J connectivity index is 1.52. The molecule has 0 saturated heterocycles. The zero-order chi connectivity index (χ0) is 14.6. The van der Waals surface area contributed by atoms with Crippen LogP contribution < -0.4 is 5.32 Å². The van der Waals surface area contributed by atoms with Crippen LogP contribution in [0.4, 0.5) is 15.8 Å². The normalized spacial score (nSPS) is 36.7. The van der Waals surface area contributed by atoms with Gasteiger partial charge in [-0.1, -0.05) is 6.42 Å². The number of nitrogens with one attached hydrogen (secondary N) is 1. The molecule has 5 atom stereocenters. The molecule has 4 rings (SSSR count). The molecule has 1 aromatic carbocycles. The summed E-state index contributed by atoms with van der Waals surface area (Å²) >= 11 is 0. The minimum atomic E-state index is -0.769. The van der Waals surface area contributed by atoms with Gasteiger partial charge in [0, 0.05) is 17.8 Å². The number of fused-ring (bicyclic) bond motifs is 5. The SMILES string of the molecule is O=[N+]([O-])c1cc(NC2CC3CC2C2CCCC32)ccc1F. The average Bonchev–Trinajstić information content (AvgIpc) is 3.12. The standard InChI is InChI=1S/C16H19FN2O2/c17-14-5-4-10(8-16(14)19(20)21)18-15-7-9-6-13(15)12-3-1-2-11(9)12/h4-5,8-9,11-13,15,18H,1-3,6-7H2. The number of hydrogen-bond donors (Lipinski definition) is 1. The molecule has 0 amide bonds. The van der Waals surface area contributed by atoms with Crippen LogP contribution in [-0.4, -0.2) is 11.0 Å². The first kappa shape index (κ1) is 13.0. The Morgan fingerprint density at radius 2 is 2.00 bits per heavy atom. The number of nitro groups is 1. The predicted molar refractivity (Wildman–Crippen MR) is 77.5 cm³/mol. The van der Waals surface area contributed by atoms with Gasteiger partial charge in [0.2, 0.25) is 5.82 Å². The van der Waals surface area contributed by atoms with Crippen molar-refractivity contribution in [3.05, 3.63) is 34.1 Å². The molecule has 0 aliphatic heterocycles. The molecule has 3 aliphatic carbocycles. The van der Waals surface area contributed by atoms with Gasteiger partial charge in [-0.3, -0.25) is 10.1 Å². The van der Waals surface area contributed by atoms with Crippen molar-refractivity contribution in [3.8, 4) is 0 Å². The molecule has 3 aliphatic rings. The van der Waals surface area contributed by atoms with Gasteiger partial charge in [-0.15, -0.1) is 0 Å². The molecule has 0 heterocycles. The summed E-state index contributed by atoms with van der Waals surface area (Å²) in [5.41, 5.74) is 0.233. The summed E-state index contributed by atoms with van der Waals surface area (Å²) in [6, 6.07) is 4.53. The summed E-state index contributed by atoms with van der Waals surface area (Å²) in [7, 11) is 0. The average molecular weight is 290 g/mol. The first-order valence-electron chi connectivity index (χ1n) is 7.84. The molecule has 4 nitrogen and oxygen atoms in total. The van der Waals surface area contributed by atoms with Crippen molar-refractivity contribution in [2.24, 2.45) is 23.7 Å². The molecular formula is C16H19FN2O2. The number of rotatable bonds is 3. The van der Waals surface area contributed by atoms with E-state index >= 15 is 0 Å². The van der Waals surface area contributed by atoms with E-state index in [1.807, 2.05) is 0 Å². The lowest BCUT2D eigenvalue weighted by molar-refractivity contribution is -0.387. The maximum absolute atomic E-state index is 13.4. The van der Waals surface area contributed by atoms with E-state index in [1.54, 1.807) is 6.07 Å². The molecule has 2 bridgehead atoms. The Labute approximate surface area is 122 Å². The third kappa shape index (κ3) is 2.01. The van der Waals surface area contributed by atoms with Gasteiger partial charge >= 0.3 is 5.69 Å². The molecule has 0 radical (unpaired) electrons. The minimum absolute atomic E-state index is 0.402. The Morgan fingerprint density at radius 3 is 2.81 bits per heavy atom. The summed E-state index contributed by atoms with van der Waals surface area (Å²) in [6.45, 7) is 0. The van der Waals surface area contributed by atoms with E-state index in [9.17, 15) is 14.5 Å². The fourth-order valence-electron chi connectivity index (χ4n) is 5.19. The van der Waals surface area contributed by atoms with Crippen molar-refractivity contribution in [1.29, 1.82) is 0 Å². The molecule has 112 valence electrons. The maximum atomic E-state index is 13.4. The lowest BCUT2D eigenvalue weighted by Gasteiger charge is -2.32. The van der Waals surface area contributed by atoms with Gasteiger partial charge in [0.15, 0.2) is 0 Å². The molecule has 0 spiro atoms. The van der Waals surface area contributed by atoms with Crippen molar-refractivity contribution in [1.82, 2.24) is 0 Å². The monoisotopic (exact) mass is 290 g/mol. The smallest absolute Gasteiger partial charge is 0.306 e. The predicted octanol–water partition coefficient (Wildman–Crippen LogP) is 3.97. The van der Waals surface area contributed by atoms with E-state index in [0.29, 0.717) is 17.6 Å². The van der Waals surface area contributed by atoms with Crippen molar-refractivity contribution in [2.45, 2.75) is 38.1 Å². The number of halogens is 1. The van der Waals surface area contributed by atoms with Gasteiger partial charge in [0.1, 0.15) is 0 Å². The number of benzene rings is 1. The first-order chi connectivity index (χ1) is 10.1. The quantitative estimate of drug-likeness (QED) is 0.677. The lowest BCUT2D eigenvalue weighted by Crippen LogP contribution is -2.33. The zero-order valence-corrected chi connectivity index (χ0v) is 11.8.